The molecule has 0 amide bonds. The van der Waals surface area contributed by atoms with E-state index in [4.69, 9.17) is 0 Å². The van der Waals surface area contributed by atoms with Crippen molar-refractivity contribution in [3.05, 3.63) is 10.3 Å². The van der Waals surface area contributed by atoms with Crippen LogP contribution in [0.3, 0.4) is 0 Å². The molecule has 0 unspecified atom stereocenters. The fraction of sp³-hybridized carbons (Fsp3) is 0.714. The van der Waals surface area contributed by atoms with Crippen LogP contribution < -0.4 is 5.32 Å². The van der Waals surface area contributed by atoms with Crippen LogP contribution in [0.25, 0.3) is 0 Å². The third kappa shape index (κ3) is 2.28. The lowest BCUT2D eigenvalue weighted by atomic mass is 10.3. The molecule has 0 aromatic carbocycles. The van der Waals surface area contributed by atoms with Crippen molar-refractivity contribution in [3.63, 3.8) is 0 Å². The summed E-state index contributed by atoms with van der Waals surface area (Å²) in [4.78, 5) is 0. The highest BCUT2D eigenvalue weighted by atomic mass is 79.9. The number of hydrogen-bond acceptors (Lipinski definition) is 3. The molecule has 5 heteroatoms. The Labute approximate surface area is 80.5 Å². The van der Waals surface area contributed by atoms with E-state index >= 15 is 0 Å². The zero-order valence-corrected chi connectivity index (χ0v) is 9.09. The molecule has 68 valence electrons. The lowest BCUT2D eigenvalue weighted by Gasteiger charge is -2.07. The topological polar surface area (TPSA) is 42.7 Å². The van der Waals surface area contributed by atoms with Gasteiger partial charge in [0.25, 0.3) is 0 Å². The second kappa shape index (κ2) is 4.00. The molecule has 0 aliphatic rings. The molecule has 0 aliphatic heterocycles. The second-order valence-corrected chi connectivity index (χ2v) is 3.74. The van der Waals surface area contributed by atoms with Gasteiger partial charge in [-0.25, -0.2) is 4.68 Å². The number of rotatable bonds is 3. The van der Waals surface area contributed by atoms with Crippen LogP contribution in [0.1, 0.15) is 19.5 Å². The number of aryl methyl sites for hydroxylation is 1. The summed E-state index contributed by atoms with van der Waals surface area (Å²) in [5, 5.41) is 11.1. The molecule has 0 fully saturated rings. The van der Waals surface area contributed by atoms with E-state index in [1.165, 1.54) is 0 Å². The van der Waals surface area contributed by atoms with E-state index in [9.17, 15) is 0 Å². The van der Waals surface area contributed by atoms with Crippen LogP contribution in [0, 0.1) is 0 Å². The van der Waals surface area contributed by atoms with Gasteiger partial charge < -0.3 is 5.32 Å². The second-order valence-electron chi connectivity index (χ2n) is 2.99. The number of halogens is 1. The van der Waals surface area contributed by atoms with Gasteiger partial charge in [0.2, 0.25) is 0 Å². The molecule has 1 heterocycles. The van der Waals surface area contributed by atoms with Crippen molar-refractivity contribution in [1.82, 2.24) is 20.3 Å². The standard InChI is InChI=1S/C7H13BrN4/c1-5(2)9-4-6-7(8)10-11-12(6)3/h5,9H,4H2,1-3H3. The minimum atomic E-state index is 0.479. The number of aromatic nitrogens is 3. The van der Waals surface area contributed by atoms with Gasteiger partial charge in [-0.05, 0) is 15.9 Å². The molecule has 1 rings (SSSR count). The maximum atomic E-state index is 3.88. The highest BCUT2D eigenvalue weighted by Gasteiger charge is 2.06. The van der Waals surface area contributed by atoms with Crippen LogP contribution in [0.15, 0.2) is 4.60 Å². The molecule has 1 aromatic rings. The largest absolute Gasteiger partial charge is 0.309 e. The normalized spacial score (nSPS) is 11.1. The average molecular weight is 233 g/mol. The van der Waals surface area contributed by atoms with Crippen molar-refractivity contribution in [3.8, 4) is 0 Å². The summed E-state index contributed by atoms with van der Waals surface area (Å²) in [6, 6.07) is 0.479. The highest BCUT2D eigenvalue weighted by molar-refractivity contribution is 9.10. The van der Waals surface area contributed by atoms with Gasteiger partial charge in [-0.2, -0.15) is 0 Å². The van der Waals surface area contributed by atoms with Gasteiger partial charge in [-0.1, -0.05) is 19.1 Å². The van der Waals surface area contributed by atoms with E-state index < -0.39 is 0 Å². The van der Waals surface area contributed by atoms with E-state index in [-0.39, 0.29) is 0 Å². The first kappa shape index (κ1) is 9.67. The predicted molar refractivity (Wildman–Crippen MR) is 50.7 cm³/mol. The lowest BCUT2D eigenvalue weighted by Crippen LogP contribution is -2.23. The van der Waals surface area contributed by atoms with E-state index in [1.807, 2.05) is 7.05 Å². The lowest BCUT2D eigenvalue weighted by molar-refractivity contribution is 0.556. The summed E-state index contributed by atoms with van der Waals surface area (Å²) in [5.74, 6) is 0. The predicted octanol–water partition coefficient (Wildman–Crippen LogP) is 1.08. The third-order valence-electron chi connectivity index (χ3n) is 1.57. The molecular weight excluding hydrogens is 220 g/mol. The Kier molecular flexibility index (Phi) is 3.22. The minimum absolute atomic E-state index is 0.479. The minimum Gasteiger partial charge on any atom is -0.309 e. The molecule has 0 radical (unpaired) electrons. The zero-order valence-electron chi connectivity index (χ0n) is 7.50. The van der Waals surface area contributed by atoms with Crippen LogP contribution in [-0.2, 0) is 13.6 Å². The number of nitrogens with zero attached hydrogens (tertiary/aromatic N) is 3. The van der Waals surface area contributed by atoms with Crippen molar-refractivity contribution < 1.29 is 0 Å². The quantitative estimate of drug-likeness (QED) is 0.849. The molecule has 0 spiro atoms. The molecule has 0 bridgehead atoms. The Morgan fingerprint density at radius 3 is 2.67 bits per heavy atom. The molecule has 1 aromatic heterocycles. The summed E-state index contributed by atoms with van der Waals surface area (Å²) in [6.07, 6.45) is 0. The molecule has 12 heavy (non-hydrogen) atoms. The molecule has 1 N–H and O–H groups in total. The van der Waals surface area contributed by atoms with Crippen molar-refractivity contribution in [2.75, 3.05) is 0 Å². The van der Waals surface area contributed by atoms with Gasteiger partial charge >= 0.3 is 0 Å². The third-order valence-corrected chi connectivity index (χ3v) is 2.19. The molecule has 0 atom stereocenters. The van der Waals surface area contributed by atoms with Crippen LogP contribution in [0.2, 0.25) is 0 Å². The van der Waals surface area contributed by atoms with E-state index in [2.05, 4.69) is 45.4 Å². The highest BCUT2D eigenvalue weighted by Crippen LogP contribution is 2.10. The fourth-order valence-corrected chi connectivity index (χ4v) is 1.31. The first-order chi connectivity index (χ1) is 5.61. The number of hydrogen-bond donors (Lipinski definition) is 1. The first-order valence-electron chi connectivity index (χ1n) is 3.88. The molecular formula is C7H13BrN4. The van der Waals surface area contributed by atoms with Gasteiger partial charge in [-0.15, -0.1) is 5.10 Å². The Bertz CT molecular complexity index is 236. The summed E-state index contributed by atoms with van der Waals surface area (Å²) < 4.78 is 2.58. The van der Waals surface area contributed by atoms with Crippen LogP contribution >= 0.6 is 15.9 Å². The number of nitrogens with one attached hydrogen (secondary N) is 1. The first-order valence-corrected chi connectivity index (χ1v) is 4.68. The summed E-state index contributed by atoms with van der Waals surface area (Å²) >= 11 is 3.33. The zero-order chi connectivity index (χ0) is 9.14. The Morgan fingerprint density at radius 1 is 1.58 bits per heavy atom. The van der Waals surface area contributed by atoms with Crippen LogP contribution in [0.5, 0.6) is 0 Å². The van der Waals surface area contributed by atoms with Gasteiger partial charge in [0, 0.05) is 19.6 Å². The van der Waals surface area contributed by atoms with Gasteiger partial charge in [0.1, 0.15) is 0 Å². The van der Waals surface area contributed by atoms with Crippen LogP contribution in [-0.4, -0.2) is 21.0 Å². The summed E-state index contributed by atoms with van der Waals surface area (Å²) in [7, 11) is 1.88. The van der Waals surface area contributed by atoms with Gasteiger partial charge in [0.05, 0.1) is 5.69 Å². The Balaban J connectivity index is 2.62. The van der Waals surface area contributed by atoms with Crippen molar-refractivity contribution in [2.24, 2.45) is 7.05 Å². The Hall–Kier alpha value is -0.420. The van der Waals surface area contributed by atoms with Gasteiger partial charge in [0.15, 0.2) is 4.60 Å². The molecule has 0 saturated carbocycles. The monoisotopic (exact) mass is 232 g/mol. The Morgan fingerprint density at radius 2 is 2.25 bits per heavy atom. The SMILES string of the molecule is CC(C)NCc1c(Br)nnn1C. The van der Waals surface area contributed by atoms with Crippen molar-refractivity contribution in [2.45, 2.75) is 26.4 Å². The smallest absolute Gasteiger partial charge is 0.152 e. The molecule has 0 aliphatic carbocycles. The maximum Gasteiger partial charge on any atom is 0.152 e. The van der Waals surface area contributed by atoms with Crippen LogP contribution in [0.4, 0.5) is 0 Å². The maximum absolute atomic E-state index is 3.88. The molecule has 0 saturated heterocycles. The fourth-order valence-electron chi connectivity index (χ4n) is 0.840. The van der Waals surface area contributed by atoms with E-state index in [0.717, 1.165) is 16.8 Å². The van der Waals surface area contributed by atoms with E-state index in [1.54, 1.807) is 4.68 Å². The van der Waals surface area contributed by atoms with E-state index in [0.29, 0.717) is 6.04 Å². The van der Waals surface area contributed by atoms with Gasteiger partial charge in [-0.3, -0.25) is 0 Å². The summed E-state index contributed by atoms with van der Waals surface area (Å²) in [5.41, 5.74) is 1.07. The molecule has 4 nitrogen and oxygen atoms in total. The van der Waals surface area contributed by atoms with Crippen molar-refractivity contribution in [1.29, 1.82) is 0 Å². The van der Waals surface area contributed by atoms with Crippen molar-refractivity contribution >= 4 is 15.9 Å². The summed E-state index contributed by atoms with van der Waals surface area (Å²) in [6.45, 7) is 5.01. The average Bonchev–Trinajstić information content (AvgIpc) is 2.28.